The number of amides is 1. The summed E-state index contributed by atoms with van der Waals surface area (Å²) in [5, 5.41) is 3.71. The van der Waals surface area contributed by atoms with Gasteiger partial charge in [-0.15, -0.1) is 0 Å². The Labute approximate surface area is 204 Å². The summed E-state index contributed by atoms with van der Waals surface area (Å²) in [6.07, 6.45) is 3.70. The highest BCUT2D eigenvalue weighted by Crippen LogP contribution is 2.29. The standard InChI is InChI=1S/C28H37N3O3/c1-7-33-26-17-10-21(20-8-11-23(29-5)12-9-20)18-22(26)19-30-24-13-15-25(16-14-24)31(6)27(32)34-28(2,3)4/h8-12,17-18,24-25,30H,7,13-16,19H2,1-4,6H3/t24-,25-. The van der Waals surface area contributed by atoms with Gasteiger partial charge < -0.3 is 19.7 Å². The Morgan fingerprint density at radius 3 is 2.32 bits per heavy atom. The maximum Gasteiger partial charge on any atom is 0.410 e. The topological polar surface area (TPSA) is 55.2 Å². The highest BCUT2D eigenvalue weighted by Gasteiger charge is 2.29. The van der Waals surface area contributed by atoms with E-state index in [4.69, 9.17) is 16.0 Å². The third-order valence-electron chi connectivity index (χ3n) is 6.20. The van der Waals surface area contributed by atoms with Crippen molar-refractivity contribution in [2.45, 2.75) is 77.6 Å². The van der Waals surface area contributed by atoms with Crippen LogP contribution in [0, 0.1) is 6.57 Å². The molecule has 1 saturated carbocycles. The molecular weight excluding hydrogens is 426 g/mol. The van der Waals surface area contributed by atoms with Crippen molar-refractivity contribution in [1.82, 2.24) is 10.2 Å². The third kappa shape index (κ3) is 6.98. The van der Waals surface area contributed by atoms with Crippen molar-refractivity contribution in [2.24, 2.45) is 0 Å². The fourth-order valence-electron chi connectivity index (χ4n) is 4.33. The van der Waals surface area contributed by atoms with E-state index >= 15 is 0 Å². The van der Waals surface area contributed by atoms with Crippen molar-refractivity contribution in [1.29, 1.82) is 0 Å². The smallest absolute Gasteiger partial charge is 0.410 e. The first-order valence-electron chi connectivity index (χ1n) is 12.1. The minimum absolute atomic E-state index is 0.216. The van der Waals surface area contributed by atoms with Crippen LogP contribution in [0.4, 0.5) is 10.5 Å². The highest BCUT2D eigenvalue weighted by molar-refractivity contribution is 5.68. The second-order valence-electron chi connectivity index (χ2n) is 9.89. The normalized spacial score (nSPS) is 18.1. The predicted octanol–water partition coefficient (Wildman–Crippen LogP) is 6.57. The van der Waals surface area contributed by atoms with Gasteiger partial charge in [0.2, 0.25) is 0 Å². The fraction of sp³-hybridized carbons (Fsp3) is 0.500. The van der Waals surface area contributed by atoms with E-state index in [1.165, 1.54) is 0 Å². The molecule has 0 saturated heterocycles. The van der Waals surface area contributed by atoms with Crippen molar-refractivity contribution in [2.75, 3.05) is 13.7 Å². The van der Waals surface area contributed by atoms with Gasteiger partial charge in [0.05, 0.1) is 13.2 Å². The zero-order valence-corrected chi connectivity index (χ0v) is 21.1. The van der Waals surface area contributed by atoms with Crippen molar-refractivity contribution in [3.05, 3.63) is 59.4 Å². The molecule has 6 heteroatoms. The number of rotatable bonds is 7. The van der Waals surface area contributed by atoms with Gasteiger partial charge in [-0.2, -0.15) is 0 Å². The summed E-state index contributed by atoms with van der Waals surface area (Å²) in [6.45, 7) is 16.2. The van der Waals surface area contributed by atoms with E-state index in [0.29, 0.717) is 18.3 Å². The molecule has 1 fully saturated rings. The summed E-state index contributed by atoms with van der Waals surface area (Å²) < 4.78 is 11.4. The van der Waals surface area contributed by atoms with Gasteiger partial charge in [-0.3, -0.25) is 0 Å². The van der Waals surface area contributed by atoms with E-state index in [1.54, 1.807) is 4.90 Å². The van der Waals surface area contributed by atoms with Crippen molar-refractivity contribution >= 4 is 11.8 Å². The first-order chi connectivity index (χ1) is 16.2. The van der Waals surface area contributed by atoms with Crippen LogP contribution in [-0.2, 0) is 11.3 Å². The molecule has 0 heterocycles. The molecule has 0 aromatic heterocycles. The molecule has 0 bridgehead atoms. The molecule has 1 N–H and O–H groups in total. The minimum Gasteiger partial charge on any atom is -0.494 e. The Kier molecular flexibility index (Phi) is 8.57. The molecule has 34 heavy (non-hydrogen) atoms. The summed E-state index contributed by atoms with van der Waals surface area (Å²) in [5.74, 6) is 0.898. The van der Waals surface area contributed by atoms with E-state index in [2.05, 4.69) is 22.3 Å². The zero-order chi connectivity index (χ0) is 24.7. The first kappa shape index (κ1) is 25.6. The van der Waals surface area contributed by atoms with Gasteiger partial charge in [-0.05, 0) is 76.6 Å². The molecule has 0 unspecified atom stereocenters. The molecule has 3 rings (SSSR count). The Balaban J connectivity index is 1.60. The van der Waals surface area contributed by atoms with Gasteiger partial charge in [-0.25, -0.2) is 9.64 Å². The lowest BCUT2D eigenvalue weighted by Gasteiger charge is -2.36. The average molecular weight is 464 g/mol. The lowest BCUT2D eigenvalue weighted by Crippen LogP contribution is -2.44. The molecule has 2 aromatic rings. The number of carbonyl (C=O) groups excluding carboxylic acids is 1. The van der Waals surface area contributed by atoms with Crippen LogP contribution in [0.1, 0.15) is 58.9 Å². The molecule has 0 aliphatic heterocycles. The molecule has 2 aromatic carbocycles. The largest absolute Gasteiger partial charge is 0.494 e. The summed E-state index contributed by atoms with van der Waals surface area (Å²) >= 11 is 0. The Bertz CT molecular complexity index is 997. The molecular formula is C28H37N3O3. The van der Waals surface area contributed by atoms with E-state index in [-0.39, 0.29) is 12.1 Å². The second-order valence-corrected chi connectivity index (χ2v) is 9.89. The SMILES string of the molecule is [C-]#[N+]c1ccc(-c2ccc(OCC)c(CN[C@H]3CC[C@H](N(C)C(=O)OC(C)(C)C)CC3)c2)cc1. The Hall–Kier alpha value is -3.04. The summed E-state index contributed by atoms with van der Waals surface area (Å²) in [6, 6.07) is 14.6. The van der Waals surface area contributed by atoms with Crippen LogP contribution in [0.15, 0.2) is 42.5 Å². The van der Waals surface area contributed by atoms with E-state index < -0.39 is 5.60 Å². The summed E-state index contributed by atoms with van der Waals surface area (Å²) in [7, 11) is 1.84. The maximum atomic E-state index is 12.4. The van der Waals surface area contributed by atoms with Crippen LogP contribution in [0.2, 0.25) is 0 Å². The third-order valence-corrected chi connectivity index (χ3v) is 6.20. The number of ether oxygens (including phenoxy) is 2. The number of hydrogen-bond donors (Lipinski definition) is 1. The van der Waals surface area contributed by atoms with Crippen LogP contribution >= 0.6 is 0 Å². The molecule has 0 atom stereocenters. The lowest BCUT2D eigenvalue weighted by atomic mass is 9.90. The van der Waals surface area contributed by atoms with Crippen LogP contribution in [-0.4, -0.2) is 42.3 Å². The van der Waals surface area contributed by atoms with Gasteiger partial charge in [-0.1, -0.05) is 30.3 Å². The molecule has 1 aliphatic rings. The van der Waals surface area contributed by atoms with Crippen molar-refractivity contribution in [3.8, 4) is 16.9 Å². The highest BCUT2D eigenvalue weighted by atomic mass is 16.6. The maximum absolute atomic E-state index is 12.4. The van der Waals surface area contributed by atoms with E-state index in [1.807, 2.05) is 65.1 Å². The van der Waals surface area contributed by atoms with Crippen LogP contribution in [0.5, 0.6) is 5.75 Å². The number of nitrogens with one attached hydrogen (secondary N) is 1. The number of carbonyl (C=O) groups is 1. The first-order valence-corrected chi connectivity index (χ1v) is 12.1. The molecule has 1 amide bonds. The van der Waals surface area contributed by atoms with Gasteiger partial charge in [0.15, 0.2) is 5.69 Å². The van der Waals surface area contributed by atoms with Crippen LogP contribution in [0.3, 0.4) is 0 Å². The van der Waals surface area contributed by atoms with E-state index in [0.717, 1.165) is 54.7 Å². The van der Waals surface area contributed by atoms with Crippen molar-refractivity contribution in [3.63, 3.8) is 0 Å². The Morgan fingerprint density at radius 1 is 1.09 bits per heavy atom. The zero-order valence-electron chi connectivity index (χ0n) is 21.1. The van der Waals surface area contributed by atoms with Gasteiger partial charge in [0.25, 0.3) is 0 Å². The number of nitrogens with zero attached hydrogens (tertiary/aromatic N) is 2. The molecule has 182 valence electrons. The Morgan fingerprint density at radius 2 is 1.74 bits per heavy atom. The van der Waals surface area contributed by atoms with Crippen molar-refractivity contribution < 1.29 is 14.3 Å². The number of benzene rings is 2. The van der Waals surface area contributed by atoms with Gasteiger partial charge >= 0.3 is 6.09 Å². The summed E-state index contributed by atoms with van der Waals surface area (Å²) in [5.41, 5.74) is 3.49. The predicted molar refractivity (Wildman–Crippen MR) is 136 cm³/mol. The average Bonchev–Trinajstić information content (AvgIpc) is 2.82. The minimum atomic E-state index is -0.476. The quantitative estimate of drug-likeness (QED) is 0.472. The molecule has 0 spiro atoms. The fourth-order valence-corrected chi connectivity index (χ4v) is 4.33. The number of hydrogen-bond acceptors (Lipinski definition) is 4. The van der Waals surface area contributed by atoms with Crippen LogP contribution in [0.25, 0.3) is 16.0 Å². The molecule has 1 aliphatic carbocycles. The molecule has 0 radical (unpaired) electrons. The monoisotopic (exact) mass is 463 g/mol. The van der Waals surface area contributed by atoms with E-state index in [9.17, 15) is 4.79 Å². The van der Waals surface area contributed by atoms with Gasteiger partial charge in [0.1, 0.15) is 11.4 Å². The second kappa shape index (κ2) is 11.4. The van der Waals surface area contributed by atoms with Crippen LogP contribution < -0.4 is 10.1 Å². The van der Waals surface area contributed by atoms with Gasteiger partial charge in [0, 0.05) is 31.2 Å². The molecule has 6 nitrogen and oxygen atoms in total. The summed E-state index contributed by atoms with van der Waals surface area (Å²) in [4.78, 5) is 17.6. The lowest BCUT2D eigenvalue weighted by molar-refractivity contribution is 0.0179.